The van der Waals surface area contributed by atoms with E-state index in [1.165, 1.54) is 0 Å². The van der Waals surface area contributed by atoms with E-state index in [0.29, 0.717) is 32.1 Å². The van der Waals surface area contributed by atoms with Crippen LogP contribution in [0, 0.1) is 11.5 Å². The first-order chi connectivity index (χ1) is 12.3. The van der Waals surface area contributed by atoms with Crippen LogP contribution in [0.3, 0.4) is 0 Å². The number of rotatable bonds is 2. The maximum atomic E-state index is 12.8. The molecule has 3 heterocycles. The van der Waals surface area contributed by atoms with Crippen LogP contribution in [0.5, 0.6) is 0 Å². The second-order valence-electron chi connectivity index (χ2n) is 6.22. The van der Waals surface area contributed by atoms with Gasteiger partial charge in [0.25, 0.3) is 5.91 Å². The third kappa shape index (κ3) is 2.94. The van der Waals surface area contributed by atoms with E-state index in [9.17, 15) is 4.79 Å². The quantitative estimate of drug-likeness (QED) is 0.784. The lowest BCUT2D eigenvalue weighted by Gasteiger charge is -2.30. The molecule has 0 N–H and O–H groups in total. The molecule has 2 aliphatic rings. The highest BCUT2D eigenvalue weighted by molar-refractivity contribution is 5.98. The molecule has 6 nitrogen and oxygen atoms in total. The number of benzene rings is 1. The van der Waals surface area contributed by atoms with Crippen molar-refractivity contribution >= 4 is 11.7 Å². The highest BCUT2D eigenvalue weighted by Crippen LogP contribution is 2.30. The molecular formula is C19H18N4O2. The molecule has 0 bridgehead atoms. The van der Waals surface area contributed by atoms with Crippen LogP contribution in [0.25, 0.3) is 11.1 Å². The van der Waals surface area contributed by atoms with Crippen molar-refractivity contribution in [1.29, 1.82) is 5.26 Å². The molecule has 0 radical (unpaired) electrons. The summed E-state index contributed by atoms with van der Waals surface area (Å²) >= 11 is 0. The molecule has 0 spiro atoms. The van der Waals surface area contributed by atoms with Crippen molar-refractivity contribution < 1.29 is 9.53 Å². The van der Waals surface area contributed by atoms with Gasteiger partial charge in [-0.15, -0.1) is 0 Å². The van der Waals surface area contributed by atoms with E-state index >= 15 is 0 Å². The summed E-state index contributed by atoms with van der Waals surface area (Å²) in [5.41, 5.74) is 3.24. The van der Waals surface area contributed by atoms with E-state index in [1.54, 1.807) is 9.80 Å². The summed E-state index contributed by atoms with van der Waals surface area (Å²) in [6, 6.07) is 12.2. The Balaban J connectivity index is 1.56. The van der Waals surface area contributed by atoms with Crippen LogP contribution in [0.15, 0.2) is 42.6 Å². The van der Waals surface area contributed by atoms with Crippen molar-refractivity contribution in [2.24, 2.45) is 0 Å². The predicted molar refractivity (Wildman–Crippen MR) is 92.7 cm³/mol. The van der Waals surface area contributed by atoms with Crippen LogP contribution in [0.4, 0.5) is 5.82 Å². The van der Waals surface area contributed by atoms with Gasteiger partial charge in [0.05, 0.1) is 19.7 Å². The number of aromatic nitrogens is 1. The van der Waals surface area contributed by atoms with Crippen LogP contribution >= 0.6 is 0 Å². The average Bonchev–Trinajstić information content (AvgIpc) is 3.11. The number of hydrogen-bond acceptors (Lipinski definition) is 5. The van der Waals surface area contributed by atoms with Crippen molar-refractivity contribution in [3.63, 3.8) is 0 Å². The van der Waals surface area contributed by atoms with Crippen LogP contribution in [-0.2, 0) is 16.0 Å². The largest absolute Gasteiger partial charge is 0.365 e. The molecule has 1 aromatic carbocycles. The van der Waals surface area contributed by atoms with Crippen molar-refractivity contribution in [3.8, 4) is 17.3 Å². The number of hydrogen-bond donors (Lipinski definition) is 0. The minimum absolute atomic E-state index is 0.112. The number of anilines is 1. The van der Waals surface area contributed by atoms with Gasteiger partial charge < -0.3 is 9.64 Å². The zero-order chi connectivity index (χ0) is 17.2. The smallest absolute Gasteiger partial charge is 0.259 e. The fourth-order valence-electron chi connectivity index (χ4n) is 3.33. The number of carbonyl (C=O) groups is 1. The van der Waals surface area contributed by atoms with Gasteiger partial charge in [-0.1, -0.05) is 30.3 Å². The van der Waals surface area contributed by atoms with Crippen LogP contribution in [0.2, 0.25) is 0 Å². The monoisotopic (exact) mass is 334 g/mol. The van der Waals surface area contributed by atoms with Gasteiger partial charge >= 0.3 is 0 Å². The fraction of sp³-hybridized carbons (Fsp3) is 0.316. The number of amides is 1. The second kappa shape index (κ2) is 6.54. The Kier molecular flexibility index (Phi) is 4.08. The number of nitriles is 1. The van der Waals surface area contributed by atoms with Crippen molar-refractivity contribution in [3.05, 3.63) is 48.2 Å². The molecule has 126 valence electrons. The summed E-state index contributed by atoms with van der Waals surface area (Å²) in [6.45, 7) is 1.84. The zero-order valence-electron chi connectivity index (χ0n) is 13.8. The fourth-order valence-corrected chi connectivity index (χ4v) is 3.33. The Morgan fingerprint density at radius 3 is 2.88 bits per heavy atom. The maximum absolute atomic E-state index is 12.8. The first-order valence-corrected chi connectivity index (χ1v) is 8.38. The molecule has 0 aliphatic carbocycles. The molecule has 6 heteroatoms. The third-order valence-corrected chi connectivity index (χ3v) is 4.66. The molecule has 4 rings (SSSR count). The van der Waals surface area contributed by atoms with Gasteiger partial charge in [0.15, 0.2) is 12.3 Å². The van der Waals surface area contributed by atoms with Crippen LogP contribution < -0.4 is 4.90 Å². The standard InChI is InChI=1S/C19H18N4O2/c20-13-22-8-9-25-17(12-22)19(24)23-7-6-15-10-16(11-21-18(15)23)14-4-2-1-3-5-14/h1-5,10-11,17H,6-9,12H2. The Hall–Kier alpha value is -2.91. The van der Waals surface area contributed by atoms with Gasteiger partial charge in [-0.3, -0.25) is 9.69 Å². The number of ether oxygens (including phenoxy) is 1. The number of pyridine rings is 1. The summed E-state index contributed by atoms with van der Waals surface area (Å²) in [7, 11) is 0. The van der Waals surface area contributed by atoms with E-state index in [4.69, 9.17) is 10.00 Å². The number of nitrogens with zero attached hydrogens (tertiary/aromatic N) is 4. The van der Waals surface area contributed by atoms with Gasteiger partial charge in [0.2, 0.25) is 0 Å². The number of carbonyl (C=O) groups excluding carboxylic acids is 1. The SMILES string of the molecule is N#CN1CCOC(C(=O)N2CCc3cc(-c4ccccc4)cnc32)C1. The highest BCUT2D eigenvalue weighted by Gasteiger charge is 2.34. The van der Waals surface area contributed by atoms with Crippen LogP contribution in [-0.4, -0.2) is 48.1 Å². The van der Waals surface area contributed by atoms with E-state index in [0.717, 1.165) is 23.1 Å². The zero-order valence-corrected chi connectivity index (χ0v) is 13.8. The van der Waals surface area contributed by atoms with E-state index in [2.05, 4.69) is 17.2 Å². The summed E-state index contributed by atoms with van der Waals surface area (Å²) in [6.07, 6.45) is 4.08. The second-order valence-corrected chi connectivity index (χ2v) is 6.22. The molecular weight excluding hydrogens is 316 g/mol. The van der Waals surface area contributed by atoms with E-state index in [-0.39, 0.29) is 5.91 Å². The van der Waals surface area contributed by atoms with Gasteiger partial charge in [-0.05, 0) is 23.6 Å². The Bertz CT molecular complexity index is 831. The number of morpholine rings is 1. The lowest BCUT2D eigenvalue weighted by Crippen LogP contribution is -2.49. The molecule has 1 fully saturated rings. The van der Waals surface area contributed by atoms with Gasteiger partial charge in [0.1, 0.15) is 5.82 Å². The molecule has 0 saturated carbocycles. The summed E-state index contributed by atoms with van der Waals surface area (Å²) in [5, 5.41) is 9.04. The summed E-state index contributed by atoms with van der Waals surface area (Å²) in [4.78, 5) is 20.6. The first kappa shape index (κ1) is 15.6. The lowest BCUT2D eigenvalue weighted by atomic mass is 10.1. The Morgan fingerprint density at radius 1 is 1.24 bits per heavy atom. The molecule has 1 unspecified atom stereocenters. The van der Waals surface area contributed by atoms with E-state index in [1.807, 2.05) is 36.5 Å². The minimum atomic E-state index is -0.602. The molecule has 1 aromatic heterocycles. The van der Waals surface area contributed by atoms with Gasteiger partial charge in [0, 0.05) is 18.3 Å². The van der Waals surface area contributed by atoms with Crippen molar-refractivity contribution in [1.82, 2.24) is 9.88 Å². The molecule has 1 amide bonds. The topological polar surface area (TPSA) is 69.5 Å². The first-order valence-electron chi connectivity index (χ1n) is 8.38. The molecule has 1 atom stereocenters. The molecule has 1 saturated heterocycles. The molecule has 2 aliphatic heterocycles. The predicted octanol–water partition coefficient (Wildman–Crippen LogP) is 1.82. The highest BCUT2D eigenvalue weighted by atomic mass is 16.5. The van der Waals surface area contributed by atoms with Gasteiger partial charge in [-0.2, -0.15) is 5.26 Å². The van der Waals surface area contributed by atoms with Crippen LogP contribution in [0.1, 0.15) is 5.56 Å². The Morgan fingerprint density at radius 2 is 2.08 bits per heavy atom. The lowest BCUT2D eigenvalue weighted by molar-refractivity contribution is -0.134. The normalized spacial score (nSPS) is 19.4. The molecule has 25 heavy (non-hydrogen) atoms. The molecule has 2 aromatic rings. The van der Waals surface area contributed by atoms with E-state index < -0.39 is 6.10 Å². The summed E-state index contributed by atoms with van der Waals surface area (Å²) < 4.78 is 5.58. The average molecular weight is 334 g/mol. The summed E-state index contributed by atoms with van der Waals surface area (Å²) in [5.74, 6) is 0.598. The minimum Gasteiger partial charge on any atom is -0.365 e. The van der Waals surface area contributed by atoms with Gasteiger partial charge in [-0.25, -0.2) is 4.98 Å². The number of fused-ring (bicyclic) bond motifs is 1. The third-order valence-electron chi connectivity index (χ3n) is 4.66. The maximum Gasteiger partial charge on any atom is 0.259 e. The van der Waals surface area contributed by atoms with Crippen molar-refractivity contribution in [2.45, 2.75) is 12.5 Å². The van der Waals surface area contributed by atoms with Crippen molar-refractivity contribution in [2.75, 3.05) is 31.1 Å². The Labute approximate surface area is 146 Å².